The van der Waals surface area contributed by atoms with Crippen LogP contribution in [0, 0.1) is 5.92 Å². The highest BCUT2D eigenvalue weighted by Crippen LogP contribution is 1.85. The molecule has 0 heterocycles. The molecule has 0 fully saturated rings. The van der Waals surface area contributed by atoms with Gasteiger partial charge in [0.25, 0.3) is 0 Å². The van der Waals surface area contributed by atoms with Gasteiger partial charge in [-0.3, -0.25) is 4.79 Å². The van der Waals surface area contributed by atoms with E-state index in [9.17, 15) is 9.90 Å². The zero-order valence-corrected chi connectivity index (χ0v) is 8.26. The topological polar surface area (TPSA) is 63.0 Å². The second kappa shape index (κ2) is 8.27. The Morgan fingerprint density at radius 3 is 1.83 bits per heavy atom. The van der Waals surface area contributed by atoms with Gasteiger partial charge in [0.1, 0.15) is 0 Å². The van der Waals surface area contributed by atoms with Gasteiger partial charge in [-0.05, 0) is 19.8 Å². The monoisotopic (exact) mass is 172 g/mol. The summed E-state index contributed by atoms with van der Waals surface area (Å²) in [6.07, 6.45) is 1.68. The van der Waals surface area contributed by atoms with E-state index in [1.165, 1.54) is 0 Å². The van der Waals surface area contributed by atoms with Gasteiger partial charge in [0.05, 0.1) is 6.61 Å². The quantitative estimate of drug-likeness (QED) is 0.630. The first kappa shape index (κ1) is 13.7. The second-order valence-corrected chi connectivity index (χ2v) is 2.90. The van der Waals surface area contributed by atoms with Gasteiger partial charge in [-0.15, -0.1) is 0 Å². The number of nitrogens with two attached hydrogens (primary N) is 1. The molecule has 0 aliphatic carbocycles. The summed E-state index contributed by atoms with van der Waals surface area (Å²) in [5, 5.41) is 9.63. The van der Waals surface area contributed by atoms with Crippen LogP contribution in [0.2, 0.25) is 0 Å². The smallest absolute Gasteiger partial charge is 0.243 e. The minimum Gasteiger partial charge on any atom is -0.366 e. The largest absolute Gasteiger partial charge is 0.366 e. The Labute approximate surface area is 74.3 Å². The van der Waals surface area contributed by atoms with Crippen molar-refractivity contribution in [1.82, 2.24) is 0 Å². The van der Waals surface area contributed by atoms with Crippen molar-refractivity contribution < 1.29 is 9.90 Å². The predicted octanol–water partition coefficient (Wildman–Crippen LogP) is 1.51. The minimum absolute atomic E-state index is 0.0556. The van der Waals surface area contributed by atoms with Crippen LogP contribution in [0.4, 0.5) is 0 Å². The van der Waals surface area contributed by atoms with Crippen molar-refractivity contribution >= 4 is 5.91 Å². The van der Waals surface area contributed by atoms with Crippen LogP contribution < -0.4 is 5.73 Å². The fourth-order valence-electron chi connectivity index (χ4n) is 0.142. The zero-order chi connectivity index (χ0) is 10.1. The SMILES string of the molecule is CC(C)C[O].CC=C(C)C(N)=O. The maximum Gasteiger partial charge on any atom is 0.243 e. The van der Waals surface area contributed by atoms with Crippen LogP contribution in [0.3, 0.4) is 0 Å². The highest BCUT2D eigenvalue weighted by atomic mass is 16.3. The Bertz CT molecular complexity index is 151. The minimum atomic E-state index is -0.345. The van der Waals surface area contributed by atoms with Crippen molar-refractivity contribution in [3.63, 3.8) is 0 Å². The average molecular weight is 172 g/mol. The van der Waals surface area contributed by atoms with E-state index < -0.39 is 0 Å². The first-order chi connectivity index (χ1) is 5.45. The number of carbonyl (C=O) groups excluding carboxylic acids is 1. The van der Waals surface area contributed by atoms with Gasteiger partial charge in [-0.2, -0.15) is 0 Å². The number of carbonyl (C=O) groups is 1. The Kier molecular flexibility index (Phi) is 9.47. The van der Waals surface area contributed by atoms with Crippen molar-refractivity contribution in [2.75, 3.05) is 6.61 Å². The Hall–Kier alpha value is -0.830. The maximum atomic E-state index is 10.1. The van der Waals surface area contributed by atoms with Crippen LogP contribution in [0.25, 0.3) is 0 Å². The normalized spacial score (nSPS) is 10.7. The molecule has 12 heavy (non-hydrogen) atoms. The molecule has 0 spiro atoms. The van der Waals surface area contributed by atoms with E-state index >= 15 is 0 Å². The van der Waals surface area contributed by atoms with Crippen LogP contribution in [-0.2, 0) is 9.90 Å². The van der Waals surface area contributed by atoms with E-state index in [2.05, 4.69) is 0 Å². The number of primary amides is 1. The zero-order valence-electron chi connectivity index (χ0n) is 8.26. The van der Waals surface area contributed by atoms with Crippen LogP contribution in [0.1, 0.15) is 27.7 Å². The van der Waals surface area contributed by atoms with Gasteiger partial charge in [-0.1, -0.05) is 19.9 Å². The van der Waals surface area contributed by atoms with Crippen molar-refractivity contribution in [2.45, 2.75) is 27.7 Å². The number of rotatable bonds is 2. The third kappa shape index (κ3) is 11.9. The summed E-state index contributed by atoms with van der Waals surface area (Å²) in [4.78, 5) is 10.1. The van der Waals surface area contributed by atoms with E-state index in [1.807, 2.05) is 13.8 Å². The van der Waals surface area contributed by atoms with Crippen molar-refractivity contribution in [3.05, 3.63) is 11.6 Å². The van der Waals surface area contributed by atoms with E-state index in [0.717, 1.165) is 0 Å². The first-order valence-electron chi connectivity index (χ1n) is 3.96. The second-order valence-electron chi connectivity index (χ2n) is 2.90. The van der Waals surface area contributed by atoms with Gasteiger partial charge < -0.3 is 5.73 Å². The number of hydrogen-bond acceptors (Lipinski definition) is 1. The number of hydrogen-bond donors (Lipinski definition) is 1. The third-order valence-electron chi connectivity index (χ3n) is 1.16. The van der Waals surface area contributed by atoms with Crippen LogP contribution >= 0.6 is 0 Å². The lowest BCUT2D eigenvalue weighted by Gasteiger charge is -1.87. The van der Waals surface area contributed by atoms with Crippen LogP contribution in [-0.4, -0.2) is 12.5 Å². The molecule has 3 nitrogen and oxygen atoms in total. The van der Waals surface area contributed by atoms with Gasteiger partial charge >= 0.3 is 0 Å². The van der Waals surface area contributed by atoms with Crippen LogP contribution in [0.5, 0.6) is 0 Å². The van der Waals surface area contributed by atoms with Crippen molar-refractivity contribution in [1.29, 1.82) is 0 Å². The molecule has 3 heteroatoms. The van der Waals surface area contributed by atoms with Gasteiger partial charge in [0.15, 0.2) is 0 Å². The Morgan fingerprint density at radius 1 is 1.50 bits per heavy atom. The summed E-state index contributed by atoms with van der Waals surface area (Å²) in [6.45, 7) is 7.34. The molecule has 0 bridgehead atoms. The molecule has 2 N–H and O–H groups in total. The van der Waals surface area contributed by atoms with Crippen LogP contribution in [0.15, 0.2) is 11.6 Å². The molecule has 71 valence electrons. The summed E-state index contributed by atoms with van der Waals surface area (Å²) >= 11 is 0. The molecule has 1 amide bonds. The highest BCUT2D eigenvalue weighted by Gasteiger charge is 1.90. The molecule has 0 aromatic rings. The number of amides is 1. The predicted molar refractivity (Wildman–Crippen MR) is 49.0 cm³/mol. The molecule has 0 saturated carbocycles. The lowest BCUT2D eigenvalue weighted by Crippen LogP contribution is -2.10. The van der Waals surface area contributed by atoms with E-state index in [4.69, 9.17) is 5.73 Å². The molecule has 0 saturated heterocycles. The summed E-state index contributed by atoms with van der Waals surface area (Å²) < 4.78 is 0. The molecular formula is C9H18NO2. The molecule has 0 aliphatic rings. The molecule has 0 rings (SSSR count). The number of allylic oxidation sites excluding steroid dienone is 1. The summed E-state index contributed by atoms with van der Waals surface area (Å²) in [6, 6.07) is 0. The summed E-state index contributed by atoms with van der Waals surface area (Å²) in [7, 11) is 0. The standard InChI is InChI=1S/C5H9NO.C4H9O/c1-3-4(2)5(6)7;1-4(2)3-5/h3H,1-2H3,(H2,6,7);4H,3H2,1-2H3. The molecule has 0 atom stereocenters. The van der Waals surface area contributed by atoms with Gasteiger partial charge in [0, 0.05) is 5.57 Å². The fourth-order valence-corrected chi connectivity index (χ4v) is 0.142. The maximum absolute atomic E-state index is 10.1. The van der Waals surface area contributed by atoms with Gasteiger partial charge in [0.2, 0.25) is 5.91 Å². The van der Waals surface area contributed by atoms with Gasteiger partial charge in [-0.25, -0.2) is 5.11 Å². The lowest BCUT2D eigenvalue weighted by molar-refractivity contribution is -0.114. The first-order valence-corrected chi connectivity index (χ1v) is 3.96. The molecule has 1 radical (unpaired) electrons. The lowest BCUT2D eigenvalue weighted by atomic mass is 10.2. The molecule has 0 aliphatic heterocycles. The average Bonchev–Trinajstić information content (AvgIpc) is 2.04. The molecule has 0 aromatic carbocycles. The van der Waals surface area contributed by atoms with Crippen molar-refractivity contribution in [3.8, 4) is 0 Å². The fraction of sp³-hybridized carbons (Fsp3) is 0.667. The summed E-state index contributed by atoms with van der Waals surface area (Å²) in [5.41, 5.74) is 5.45. The third-order valence-corrected chi connectivity index (χ3v) is 1.16. The Morgan fingerprint density at radius 2 is 1.83 bits per heavy atom. The van der Waals surface area contributed by atoms with E-state index in [1.54, 1.807) is 19.9 Å². The summed E-state index contributed by atoms with van der Waals surface area (Å²) in [5.74, 6) is -0.0162. The van der Waals surface area contributed by atoms with E-state index in [-0.39, 0.29) is 12.5 Å². The highest BCUT2D eigenvalue weighted by molar-refractivity contribution is 5.91. The molecule has 0 unspecified atom stereocenters. The molecular weight excluding hydrogens is 154 g/mol. The Balaban J connectivity index is 0. The molecule has 0 aromatic heterocycles. The van der Waals surface area contributed by atoms with E-state index in [0.29, 0.717) is 11.5 Å². The van der Waals surface area contributed by atoms with Crippen molar-refractivity contribution in [2.24, 2.45) is 11.7 Å².